The van der Waals surface area contributed by atoms with Crippen molar-refractivity contribution >= 4 is 23.6 Å². The van der Waals surface area contributed by atoms with Gasteiger partial charge in [-0.1, -0.05) is 6.07 Å². The third-order valence-electron chi connectivity index (χ3n) is 4.41. The molecule has 2 aliphatic heterocycles. The van der Waals surface area contributed by atoms with Gasteiger partial charge in [-0.3, -0.25) is 9.59 Å². The second-order valence-corrected chi connectivity index (χ2v) is 6.26. The van der Waals surface area contributed by atoms with E-state index in [9.17, 15) is 14.4 Å². The van der Waals surface area contributed by atoms with E-state index in [0.717, 1.165) is 12.0 Å². The number of fused-ring (bicyclic) bond motifs is 1. The molecule has 3 amide bonds. The van der Waals surface area contributed by atoms with Crippen molar-refractivity contribution in [1.29, 1.82) is 0 Å². The molecule has 0 radical (unpaired) electrons. The van der Waals surface area contributed by atoms with Crippen LogP contribution in [0.2, 0.25) is 0 Å². The number of carbonyl (C=O) groups excluding carboxylic acids is 3. The molecule has 0 spiro atoms. The Morgan fingerprint density at radius 3 is 2.77 bits per heavy atom. The average Bonchev–Trinajstić information content (AvgIpc) is 2.88. The van der Waals surface area contributed by atoms with Crippen molar-refractivity contribution in [2.24, 2.45) is 0 Å². The topological polar surface area (TPSA) is 88.2 Å². The Labute approximate surface area is 152 Å². The zero-order valence-corrected chi connectivity index (χ0v) is 14.8. The predicted octanol–water partition coefficient (Wildman–Crippen LogP) is 1.25. The lowest BCUT2D eigenvalue weighted by atomic mass is 10.1. The van der Waals surface area contributed by atoms with Crippen LogP contribution in [-0.4, -0.2) is 67.1 Å². The van der Waals surface area contributed by atoms with Crippen LogP contribution in [0.4, 0.5) is 10.5 Å². The summed E-state index contributed by atoms with van der Waals surface area (Å²) < 4.78 is 10.4. The van der Waals surface area contributed by atoms with E-state index in [4.69, 9.17) is 9.47 Å². The molecule has 0 bridgehead atoms. The standard InChI is InChI=1S/C18H23N3O5/c1-2-25-18(24)21-7-3-6-20(8-9-21)17(23)11-13-4-5-15-14(10-13)19-16(22)12-26-15/h4-5,10H,2-3,6-9,11-12H2,1H3,(H,19,22). The van der Waals surface area contributed by atoms with Crippen LogP contribution >= 0.6 is 0 Å². The molecule has 2 aliphatic rings. The summed E-state index contributed by atoms with van der Waals surface area (Å²) in [6.45, 7) is 4.29. The molecule has 1 fully saturated rings. The van der Waals surface area contributed by atoms with Gasteiger partial charge in [-0.05, 0) is 31.0 Å². The molecule has 0 unspecified atom stereocenters. The highest BCUT2D eigenvalue weighted by Crippen LogP contribution is 2.28. The molecule has 1 N–H and O–H groups in total. The molecule has 0 aliphatic carbocycles. The molecule has 0 aromatic heterocycles. The molecule has 8 heteroatoms. The molecule has 26 heavy (non-hydrogen) atoms. The summed E-state index contributed by atoms with van der Waals surface area (Å²) in [5.41, 5.74) is 1.40. The van der Waals surface area contributed by atoms with Crippen molar-refractivity contribution in [3.8, 4) is 5.75 Å². The molecule has 8 nitrogen and oxygen atoms in total. The summed E-state index contributed by atoms with van der Waals surface area (Å²) in [7, 11) is 0. The highest BCUT2D eigenvalue weighted by atomic mass is 16.6. The van der Waals surface area contributed by atoms with Crippen LogP contribution < -0.4 is 10.1 Å². The van der Waals surface area contributed by atoms with E-state index in [1.165, 1.54) is 0 Å². The molecule has 3 rings (SSSR count). The monoisotopic (exact) mass is 361 g/mol. The van der Waals surface area contributed by atoms with Gasteiger partial charge >= 0.3 is 6.09 Å². The number of benzene rings is 1. The summed E-state index contributed by atoms with van der Waals surface area (Å²) in [4.78, 5) is 39.3. The van der Waals surface area contributed by atoms with E-state index in [2.05, 4.69) is 5.32 Å². The van der Waals surface area contributed by atoms with Gasteiger partial charge in [0, 0.05) is 26.2 Å². The molecule has 1 saturated heterocycles. The lowest BCUT2D eigenvalue weighted by molar-refractivity contribution is -0.130. The first-order chi connectivity index (χ1) is 12.6. The predicted molar refractivity (Wildman–Crippen MR) is 94.1 cm³/mol. The maximum Gasteiger partial charge on any atom is 0.409 e. The Bertz CT molecular complexity index is 706. The van der Waals surface area contributed by atoms with Crippen LogP contribution in [0.3, 0.4) is 0 Å². The molecule has 1 aromatic rings. The summed E-state index contributed by atoms with van der Waals surface area (Å²) in [5.74, 6) is 0.409. The summed E-state index contributed by atoms with van der Waals surface area (Å²) >= 11 is 0. The van der Waals surface area contributed by atoms with E-state index >= 15 is 0 Å². The molecule has 0 atom stereocenters. The van der Waals surface area contributed by atoms with Crippen molar-refractivity contribution in [3.63, 3.8) is 0 Å². The summed E-state index contributed by atoms with van der Waals surface area (Å²) in [5, 5.41) is 2.75. The van der Waals surface area contributed by atoms with E-state index in [1.807, 2.05) is 6.07 Å². The molecular formula is C18H23N3O5. The van der Waals surface area contributed by atoms with Gasteiger partial charge in [-0.15, -0.1) is 0 Å². The lowest BCUT2D eigenvalue weighted by Gasteiger charge is -2.22. The molecule has 2 heterocycles. The second kappa shape index (κ2) is 8.07. The van der Waals surface area contributed by atoms with Gasteiger partial charge in [0.05, 0.1) is 18.7 Å². The number of amides is 3. The van der Waals surface area contributed by atoms with Gasteiger partial charge in [-0.2, -0.15) is 0 Å². The number of anilines is 1. The van der Waals surface area contributed by atoms with Crippen molar-refractivity contribution in [3.05, 3.63) is 23.8 Å². The summed E-state index contributed by atoms with van der Waals surface area (Å²) in [6.07, 6.45) is 0.633. The highest BCUT2D eigenvalue weighted by Gasteiger charge is 2.23. The molecule has 1 aromatic carbocycles. The molecule has 140 valence electrons. The fourth-order valence-electron chi connectivity index (χ4n) is 3.09. The smallest absolute Gasteiger partial charge is 0.409 e. The van der Waals surface area contributed by atoms with Crippen LogP contribution in [0.15, 0.2) is 18.2 Å². The average molecular weight is 361 g/mol. The van der Waals surface area contributed by atoms with Gasteiger partial charge in [0.2, 0.25) is 5.91 Å². The Hall–Kier alpha value is -2.77. The van der Waals surface area contributed by atoms with Crippen LogP contribution in [0.25, 0.3) is 0 Å². The number of hydrogen-bond acceptors (Lipinski definition) is 5. The maximum absolute atomic E-state index is 12.6. The zero-order valence-electron chi connectivity index (χ0n) is 14.8. The number of nitrogens with zero attached hydrogens (tertiary/aromatic N) is 2. The minimum absolute atomic E-state index is 0.00119. The van der Waals surface area contributed by atoms with E-state index < -0.39 is 0 Å². The van der Waals surface area contributed by atoms with Gasteiger partial charge in [0.15, 0.2) is 6.61 Å². The van der Waals surface area contributed by atoms with Gasteiger partial charge in [0.25, 0.3) is 5.91 Å². The maximum atomic E-state index is 12.6. The first-order valence-electron chi connectivity index (χ1n) is 8.82. The highest BCUT2D eigenvalue weighted by molar-refractivity contribution is 5.95. The van der Waals surface area contributed by atoms with Crippen molar-refractivity contribution < 1.29 is 23.9 Å². The number of nitrogens with one attached hydrogen (secondary N) is 1. The van der Waals surface area contributed by atoms with E-state index in [1.54, 1.807) is 28.9 Å². The van der Waals surface area contributed by atoms with E-state index in [0.29, 0.717) is 44.2 Å². The van der Waals surface area contributed by atoms with Crippen LogP contribution in [0.1, 0.15) is 18.9 Å². The van der Waals surface area contributed by atoms with Crippen molar-refractivity contribution in [1.82, 2.24) is 9.80 Å². The first kappa shape index (κ1) is 18.0. The minimum Gasteiger partial charge on any atom is -0.482 e. The Morgan fingerprint density at radius 2 is 1.96 bits per heavy atom. The summed E-state index contributed by atoms with van der Waals surface area (Å²) in [6, 6.07) is 5.37. The van der Waals surface area contributed by atoms with E-state index in [-0.39, 0.29) is 30.9 Å². The van der Waals surface area contributed by atoms with Crippen LogP contribution in [-0.2, 0) is 20.7 Å². The zero-order chi connectivity index (χ0) is 18.5. The molecule has 0 saturated carbocycles. The normalized spacial score (nSPS) is 16.9. The quantitative estimate of drug-likeness (QED) is 0.875. The fourth-order valence-corrected chi connectivity index (χ4v) is 3.09. The minimum atomic E-state index is -0.327. The molecular weight excluding hydrogens is 338 g/mol. The Kier molecular flexibility index (Phi) is 5.60. The number of ether oxygens (including phenoxy) is 2. The lowest BCUT2D eigenvalue weighted by Crippen LogP contribution is -2.38. The Morgan fingerprint density at radius 1 is 1.19 bits per heavy atom. The van der Waals surface area contributed by atoms with Crippen LogP contribution in [0.5, 0.6) is 5.75 Å². The van der Waals surface area contributed by atoms with Gasteiger partial charge in [0.1, 0.15) is 5.75 Å². The van der Waals surface area contributed by atoms with Crippen molar-refractivity contribution in [2.75, 3.05) is 44.7 Å². The largest absolute Gasteiger partial charge is 0.482 e. The van der Waals surface area contributed by atoms with Crippen molar-refractivity contribution in [2.45, 2.75) is 19.8 Å². The Balaban J connectivity index is 1.59. The fraction of sp³-hybridized carbons (Fsp3) is 0.500. The van der Waals surface area contributed by atoms with Crippen LogP contribution in [0, 0.1) is 0 Å². The second-order valence-electron chi connectivity index (χ2n) is 6.26. The van der Waals surface area contributed by atoms with Gasteiger partial charge in [-0.25, -0.2) is 4.79 Å². The number of carbonyl (C=O) groups is 3. The third-order valence-corrected chi connectivity index (χ3v) is 4.41. The third kappa shape index (κ3) is 4.25. The first-order valence-corrected chi connectivity index (χ1v) is 8.82. The van der Waals surface area contributed by atoms with Gasteiger partial charge < -0.3 is 24.6 Å². The SMILES string of the molecule is CCOC(=O)N1CCCN(C(=O)Cc2ccc3c(c2)NC(=O)CO3)CC1. The number of hydrogen-bond donors (Lipinski definition) is 1. The number of rotatable bonds is 3.